The normalized spacial score (nSPS) is 14.6. The van der Waals surface area contributed by atoms with E-state index in [4.69, 9.17) is 11.6 Å². The van der Waals surface area contributed by atoms with Crippen LogP contribution in [0.15, 0.2) is 84.9 Å². The minimum atomic E-state index is -0.589. The van der Waals surface area contributed by atoms with E-state index < -0.39 is 6.04 Å². The minimum absolute atomic E-state index is 0.0586. The van der Waals surface area contributed by atoms with Crippen molar-refractivity contribution in [2.45, 2.75) is 63.6 Å². The zero-order chi connectivity index (χ0) is 24.6. The number of halogens is 1. The quantitative estimate of drug-likeness (QED) is 0.382. The number of nitrogens with zero attached hydrogens (tertiary/aromatic N) is 1. The molecule has 1 aliphatic rings. The van der Waals surface area contributed by atoms with Crippen molar-refractivity contribution >= 4 is 23.4 Å². The maximum absolute atomic E-state index is 13.9. The predicted molar refractivity (Wildman–Crippen MR) is 141 cm³/mol. The molecule has 0 saturated heterocycles. The van der Waals surface area contributed by atoms with Crippen LogP contribution in [-0.2, 0) is 16.1 Å². The zero-order valence-corrected chi connectivity index (χ0v) is 21.0. The van der Waals surface area contributed by atoms with E-state index in [1.807, 2.05) is 67.6 Å². The second kappa shape index (κ2) is 12.0. The molecule has 0 aromatic heterocycles. The van der Waals surface area contributed by atoms with Crippen molar-refractivity contribution in [2.75, 3.05) is 0 Å². The summed E-state index contributed by atoms with van der Waals surface area (Å²) in [5.74, 6) is -0.253. The van der Waals surface area contributed by atoms with Crippen molar-refractivity contribution in [1.29, 1.82) is 0 Å². The van der Waals surface area contributed by atoms with Gasteiger partial charge in [-0.15, -0.1) is 0 Å². The number of carbonyl (C=O) groups is 2. The van der Waals surface area contributed by atoms with Gasteiger partial charge in [0.15, 0.2) is 0 Å². The number of carbonyl (C=O) groups excluding carboxylic acids is 2. The molecule has 35 heavy (non-hydrogen) atoms. The van der Waals surface area contributed by atoms with E-state index >= 15 is 0 Å². The number of nitrogens with one attached hydrogen (secondary N) is 1. The molecule has 0 bridgehead atoms. The molecular formula is C30H33ClN2O2. The number of amides is 2. The zero-order valence-electron chi connectivity index (χ0n) is 20.2. The van der Waals surface area contributed by atoms with Crippen LogP contribution in [-0.4, -0.2) is 28.8 Å². The van der Waals surface area contributed by atoms with Crippen molar-refractivity contribution in [2.24, 2.45) is 0 Å². The Morgan fingerprint density at radius 3 is 2.09 bits per heavy atom. The molecule has 1 saturated carbocycles. The van der Waals surface area contributed by atoms with Crippen molar-refractivity contribution in [3.8, 4) is 0 Å². The molecule has 0 heterocycles. The van der Waals surface area contributed by atoms with Gasteiger partial charge in [-0.3, -0.25) is 9.59 Å². The average molecular weight is 489 g/mol. The molecule has 1 aliphatic carbocycles. The Bertz CT molecular complexity index is 1070. The maximum Gasteiger partial charge on any atom is 0.242 e. The standard InChI is InChI=1S/C30H33ClN2O2/c1-22(30(35)32-27-17-8-9-18-27)33(21-23-11-10-16-26(31)19-23)29(34)20-28(24-12-4-2-5-13-24)25-14-6-3-7-15-25/h2-7,10-16,19,22,27-28H,8-9,17-18,20-21H2,1H3,(H,32,35). The minimum Gasteiger partial charge on any atom is -0.352 e. The molecule has 1 N–H and O–H groups in total. The lowest BCUT2D eigenvalue weighted by atomic mass is 9.88. The van der Waals surface area contributed by atoms with Gasteiger partial charge in [-0.05, 0) is 48.6 Å². The SMILES string of the molecule is CC(C(=O)NC1CCCC1)N(Cc1cccc(Cl)c1)C(=O)CC(c1ccccc1)c1ccccc1. The molecule has 2 amide bonds. The van der Waals surface area contributed by atoms with E-state index in [2.05, 4.69) is 29.6 Å². The Kier molecular flexibility index (Phi) is 8.59. The molecule has 1 fully saturated rings. The van der Waals surface area contributed by atoms with Crippen molar-refractivity contribution < 1.29 is 9.59 Å². The van der Waals surface area contributed by atoms with Gasteiger partial charge in [-0.25, -0.2) is 0 Å². The van der Waals surface area contributed by atoms with E-state index in [9.17, 15) is 9.59 Å². The third-order valence-electron chi connectivity index (χ3n) is 6.89. The molecule has 4 nitrogen and oxygen atoms in total. The summed E-state index contributed by atoms with van der Waals surface area (Å²) in [6, 6.07) is 27.3. The number of hydrogen-bond donors (Lipinski definition) is 1. The van der Waals surface area contributed by atoms with Crippen LogP contribution in [0.2, 0.25) is 5.02 Å². The summed E-state index contributed by atoms with van der Waals surface area (Å²) in [7, 11) is 0. The van der Waals surface area contributed by atoms with Gasteiger partial charge in [-0.1, -0.05) is 97.2 Å². The predicted octanol–water partition coefficient (Wildman–Crippen LogP) is 6.34. The summed E-state index contributed by atoms with van der Waals surface area (Å²) in [5, 5.41) is 3.78. The summed E-state index contributed by atoms with van der Waals surface area (Å²) in [4.78, 5) is 28.8. The van der Waals surface area contributed by atoms with Gasteiger partial charge in [-0.2, -0.15) is 0 Å². The topological polar surface area (TPSA) is 49.4 Å². The summed E-state index contributed by atoms with van der Waals surface area (Å²) in [6.45, 7) is 2.15. The molecule has 3 aromatic carbocycles. The molecule has 1 unspecified atom stereocenters. The second-order valence-corrected chi connectivity index (χ2v) is 9.83. The molecule has 1 atom stereocenters. The van der Waals surface area contributed by atoms with Gasteiger partial charge >= 0.3 is 0 Å². The molecule has 5 heteroatoms. The van der Waals surface area contributed by atoms with Crippen LogP contribution in [0.1, 0.15) is 61.6 Å². The highest BCUT2D eigenvalue weighted by molar-refractivity contribution is 6.30. The van der Waals surface area contributed by atoms with Gasteiger partial charge in [0.05, 0.1) is 0 Å². The van der Waals surface area contributed by atoms with Crippen LogP contribution in [0, 0.1) is 0 Å². The van der Waals surface area contributed by atoms with Gasteiger partial charge in [0.2, 0.25) is 11.8 Å². The summed E-state index contributed by atoms with van der Waals surface area (Å²) in [6.07, 6.45) is 4.56. The van der Waals surface area contributed by atoms with E-state index in [1.165, 1.54) is 0 Å². The van der Waals surface area contributed by atoms with E-state index in [0.29, 0.717) is 11.6 Å². The van der Waals surface area contributed by atoms with Gasteiger partial charge in [0, 0.05) is 29.9 Å². The second-order valence-electron chi connectivity index (χ2n) is 9.40. The Morgan fingerprint density at radius 1 is 0.914 bits per heavy atom. The fraction of sp³-hybridized carbons (Fsp3) is 0.333. The highest BCUT2D eigenvalue weighted by Gasteiger charge is 2.30. The Hall–Kier alpha value is -3.11. The van der Waals surface area contributed by atoms with Crippen LogP contribution in [0.25, 0.3) is 0 Å². The average Bonchev–Trinajstić information content (AvgIpc) is 3.39. The summed E-state index contributed by atoms with van der Waals surface area (Å²) < 4.78 is 0. The first-order valence-electron chi connectivity index (χ1n) is 12.5. The van der Waals surface area contributed by atoms with Crippen LogP contribution >= 0.6 is 11.6 Å². The molecule has 4 rings (SSSR count). The van der Waals surface area contributed by atoms with Crippen LogP contribution in [0.3, 0.4) is 0 Å². The number of rotatable bonds is 9. The number of hydrogen-bond acceptors (Lipinski definition) is 2. The van der Waals surface area contributed by atoms with Gasteiger partial charge in [0.25, 0.3) is 0 Å². The van der Waals surface area contributed by atoms with E-state index in [-0.39, 0.29) is 30.2 Å². The molecular weight excluding hydrogens is 456 g/mol. The lowest BCUT2D eigenvalue weighted by Gasteiger charge is -2.31. The highest BCUT2D eigenvalue weighted by atomic mass is 35.5. The third kappa shape index (κ3) is 6.73. The molecule has 0 radical (unpaired) electrons. The van der Waals surface area contributed by atoms with Crippen LogP contribution in [0.5, 0.6) is 0 Å². The monoisotopic (exact) mass is 488 g/mol. The van der Waals surface area contributed by atoms with Crippen molar-refractivity contribution in [3.63, 3.8) is 0 Å². The molecule has 3 aromatic rings. The maximum atomic E-state index is 13.9. The lowest BCUT2D eigenvalue weighted by Crippen LogP contribution is -2.49. The first-order chi connectivity index (χ1) is 17.0. The summed E-state index contributed by atoms with van der Waals surface area (Å²) in [5.41, 5.74) is 3.07. The van der Waals surface area contributed by atoms with E-state index in [1.54, 1.807) is 4.90 Å². The molecule has 0 spiro atoms. The highest BCUT2D eigenvalue weighted by Crippen LogP contribution is 2.29. The van der Waals surface area contributed by atoms with Gasteiger partial charge < -0.3 is 10.2 Å². The van der Waals surface area contributed by atoms with E-state index in [0.717, 1.165) is 42.4 Å². The van der Waals surface area contributed by atoms with Gasteiger partial charge in [0.1, 0.15) is 6.04 Å². The van der Waals surface area contributed by atoms with Crippen LogP contribution < -0.4 is 5.32 Å². The number of benzene rings is 3. The third-order valence-corrected chi connectivity index (χ3v) is 7.13. The summed E-state index contributed by atoms with van der Waals surface area (Å²) >= 11 is 6.23. The largest absolute Gasteiger partial charge is 0.352 e. The Morgan fingerprint density at radius 2 is 1.51 bits per heavy atom. The molecule has 182 valence electrons. The lowest BCUT2D eigenvalue weighted by molar-refractivity contribution is -0.141. The smallest absolute Gasteiger partial charge is 0.242 e. The molecule has 0 aliphatic heterocycles. The fourth-order valence-electron chi connectivity index (χ4n) is 4.90. The van der Waals surface area contributed by atoms with Crippen molar-refractivity contribution in [3.05, 3.63) is 107 Å². The first kappa shape index (κ1) is 25.0. The fourth-order valence-corrected chi connectivity index (χ4v) is 5.11. The van der Waals surface area contributed by atoms with Crippen LogP contribution in [0.4, 0.5) is 0 Å². The Labute approximate surface area is 213 Å². The van der Waals surface area contributed by atoms with Crippen molar-refractivity contribution in [1.82, 2.24) is 10.2 Å². The first-order valence-corrected chi connectivity index (χ1v) is 12.8. The Balaban J connectivity index is 1.60.